The van der Waals surface area contributed by atoms with Crippen LogP contribution in [0.15, 0.2) is 0 Å². The van der Waals surface area contributed by atoms with Crippen molar-refractivity contribution in [2.24, 2.45) is 11.8 Å². The lowest BCUT2D eigenvalue weighted by molar-refractivity contribution is -0.139. The highest BCUT2D eigenvalue weighted by Gasteiger charge is 2.36. The first kappa shape index (κ1) is 14.9. The molecule has 2 unspecified atom stereocenters. The molecule has 0 aromatic rings. The van der Waals surface area contributed by atoms with Crippen molar-refractivity contribution < 1.29 is 9.59 Å². The highest BCUT2D eigenvalue weighted by atomic mass is 16.2. The van der Waals surface area contributed by atoms with Gasteiger partial charge in [-0.15, -0.1) is 0 Å². The summed E-state index contributed by atoms with van der Waals surface area (Å²) in [5, 5.41) is 3.10. The number of carbonyl (C=O) groups excluding carboxylic acids is 2. The quantitative estimate of drug-likeness (QED) is 0.807. The van der Waals surface area contributed by atoms with E-state index in [1.807, 2.05) is 0 Å². The van der Waals surface area contributed by atoms with Crippen LogP contribution in [0.25, 0.3) is 0 Å². The lowest BCUT2D eigenvalue weighted by atomic mass is 9.83. The minimum absolute atomic E-state index is 0.191. The Balaban J connectivity index is 1.56. The van der Waals surface area contributed by atoms with Crippen LogP contribution in [0.4, 0.5) is 0 Å². The van der Waals surface area contributed by atoms with Gasteiger partial charge in [0.05, 0.1) is 0 Å². The Morgan fingerprint density at radius 2 is 1.71 bits per heavy atom. The number of nitrogens with zero attached hydrogens (tertiary/aromatic N) is 1. The summed E-state index contributed by atoms with van der Waals surface area (Å²) >= 11 is 0. The predicted octanol–water partition coefficient (Wildman–Crippen LogP) is 2.47. The number of hydrogen-bond acceptors (Lipinski definition) is 2. The summed E-state index contributed by atoms with van der Waals surface area (Å²) in [7, 11) is 0. The van der Waals surface area contributed by atoms with E-state index in [-0.39, 0.29) is 11.8 Å². The molecule has 1 N–H and O–H groups in total. The normalized spacial score (nSPS) is 31.8. The van der Waals surface area contributed by atoms with Crippen molar-refractivity contribution in [3.63, 3.8) is 0 Å². The summed E-state index contributed by atoms with van der Waals surface area (Å²) in [6.45, 7) is 1.69. The molecule has 21 heavy (non-hydrogen) atoms. The van der Waals surface area contributed by atoms with E-state index in [2.05, 4.69) is 10.2 Å². The largest absolute Gasteiger partial charge is 0.353 e. The number of piperidine rings is 2. The number of likely N-dealkylation sites (tertiary alicyclic amines) is 1. The van der Waals surface area contributed by atoms with Crippen molar-refractivity contribution in [2.75, 3.05) is 13.1 Å². The zero-order chi connectivity index (χ0) is 14.7. The predicted molar refractivity (Wildman–Crippen MR) is 81.7 cm³/mol. The summed E-state index contributed by atoms with van der Waals surface area (Å²) in [6, 6.07) is 0.313. The van der Waals surface area contributed by atoms with Crippen molar-refractivity contribution in [2.45, 2.75) is 70.3 Å². The molecule has 0 spiro atoms. The van der Waals surface area contributed by atoms with Gasteiger partial charge in [-0.3, -0.25) is 9.59 Å². The van der Waals surface area contributed by atoms with Gasteiger partial charge in [0.15, 0.2) is 0 Å². The number of hydrogen-bond donors (Lipinski definition) is 1. The molecule has 2 aliphatic heterocycles. The standard InChI is InChI=1S/C17H28N2O2/c20-16-9-8-14-12-19(11-10-15(14)18-16)17(21)13-6-4-2-1-3-5-7-13/h13-15H,1-12H2,(H,18,20). The first-order valence-electron chi connectivity index (χ1n) is 8.82. The summed E-state index contributed by atoms with van der Waals surface area (Å²) < 4.78 is 0. The molecule has 2 atom stereocenters. The summed E-state index contributed by atoms with van der Waals surface area (Å²) in [5.41, 5.74) is 0. The van der Waals surface area contributed by atoms with Gasteiger partial charge in [0.1, 0.15) is 0 Å². The van der Waals surface area contributed by atoms with Gasteiger partial charge in [-0.1, -0.05) is 32.1 Å². The van der Waals surface area contributed by atoms with Crippen LogP contribution in [0.5, 0.6) is 0 Å². The van der Waals surface area contributed by atoms with Crippen LogP contribution in [0.2, 0.25) is 0 Å². The fourth-order valence-corrected chi connectivity index (χ4v) is 4.27. The summed E-state index contributed by atoms with van der Waals surface area (Å²) in [5.74, 6) is 1.33. The molecule has 2 heterocycles. The zero-order valence-corrected chi connectivity index (χ0v) is 13.0. The molecule has 0 bridgehead atoms. The first-order valence-corrected chi connectivity index (χ1v) is 8.82. The second kappa shape index (κ2) is 6.80. The van der Waals surface area contributed by atoms with E-state index in [9.17, 15) is 9.59 Å². The van der Waals surface area contributed by atoms with Crippen molar-refractivity contribution in [3.05, 3.63) is 0 Å². The molecule has 3 fully saturated rings. The van der Waals surface area contributed by atoms with Crippen LogP contribution in [0.3, 0.4) is 0 Å². The van der Waals surface area contributed by atoms with E-state index < -0.39 is 0 Å². The molecule has 2 saturated heterocycles. The number of fused-ring (bicyclic) bond motifs is 1. The van der Waals surface area contributed by atoms with E-state index in [4.69, 9.17) is 0 Å². The van der Waals surface area contributed by atoms with Gasteiger partial charge in [-0.05, 0) is 31.6 Å². The smallest absolute Gasteiger partial charge is 0.225 e. The van der Waals surface area contributed by atoms with Crippen LogP contribution >= 0.6 is 0 Å². The minimum atomic E-state index is 0.191. The summed E-state index contributed by atoms with van der Waals surface area (Å²) in [4.78, 5) is 26.4. The Morgan fingerprint density at radius 3 is 2.48 bits per heavy atom. The van der Waals surface area contributed by atoms with Crippen molar-refractivity contribution in [1.29, 1.82) is 0 Å². The van der Waals surface area contributed by atoms with Gasteiger partial charge in [0.2, 0.25) is 11.8 Å². The molecule has 4 heteroatoms. The Hall–Kier alpha value is -1.06. The maximum atomic E-state index is 12.8. The van der Waals surface area contributed by atoms with Crippen LogP contribution < -0.4 is 5.32 Å². The Labute approximate surface area is 127 Å². The zero-order valence-electron chi connectivity index (χ0n) is 13.0. The van der Waals surface area contributed by atoms with Gasteiger partial charge in [0.25, 0.3) is 0 Å². The fraction of sp³-hybridized carbons (Fsp3) is 0.882. The van der Waals surface area contributed by atoms with Gasteiger partial charge in [-0.25, -0.2) is 0 Å². The molecule has 118 valence electrons. The van der Waals surface area contributed by atoms with Gasteiger partial charge in [-0.2, -0.15) is 0 Å². The lowest BCUT2D eigenvalue weighted by Gasteiger charge is -2.42. The van der Waals surface area contributed by atoms with Gasteiger partial charge < -0.3 is 10.2 Å². The maximum Gasteiger partial charge on any atom is 0.225 e. The molecule has 1 aliphatic carbocycles. The third kappa shape index (κ3) is 3.58. The molecule has 4 nitrogen and oxygen atoms in total. The molecule has 3 rings (SSSR count). The highest BCUT2D eigenvalue weighted by Crippen LogP contribution is 2.29. The Morgan fingerprint density at radius 1 is 1.00 bits per heavy atom. The van der Waals surface area contributed by atoms with E-state index in [0.29, 0.717) is 24.3 Å². The second-order valence-electron chi connectivity index (χ2n) is 7.09. The molecular formula is C17H28N2O2. The van der Waals surface area contributed by atoms with Crippen molar-refractivity contribution in [1.82, 2.24) is 10.2 Å². The van der Waals surface area contributed by atoms with Gasteiger partial charge >= 0.3 is 0 Å². The Bertz CT molecular complexity index is 388. The van der Waals surface area contributed by atoms with E-state index in [1.54, 1.807) is 0 Å². The molecule has 0 aromatic carbocycles. The lowest BCUT2D eigenvalue weighted by Crippen LogP contribution is -2.55. The van der Waals surface area contributed by atoms with Crippen molar-refractivity contribution in [3.8, 4) is 0 Å². The average molecular weight is 292 g/mol. The van der Waals surface area contributed by atoms with Crippen LogP contribution in [0, 0.1) is 11.8 Å². The maximum absolute atomic E-state index is 12.8. The number of carbonyl (C=O) groups is 2. The third-order valence-corrected chi connectivity index (χ3v) is 5.59. The topological polar surface area (TPSA) is 49.4 Å². The monoisotopic (exact) mass is 292 g/mol. The van der Waals surface area contributed by atoms with E-state index in [0.717, 1.165) is 38.8 Å². The number of nitrogens with one attached hydrogen (secondary N) is 1. The van der Waals surface area contributed by atoms with Crippen LogP contribution in [-0.2, 0) is 9.59 Å². The molecule has 3 aliphatic rings. The number of amides is 2. The van der Waals surface area contributed by atoms with Crippen LogP contribution in [-0.4, -0.2) is 35.8 Å². The van der Waals surface area contributed by atoms with Gasteiger partial charge in [0, 0.05) is 31.5 Å². The summed E-state index contributed by atoms with van der Waals surface area (Å²) in [6.07, 6.45) is 11.0. The Kier molecular flexibility index (Phi) is 4.81. The molecular weight excluding hydrogens is 264 g/mol. The minimum Gasteiger partial charge on any atom is -0.353 e. The SMILES string of the molecule is O=C1CCC2CN(C(=O)C3CCCCCCC3)CCC2N1. The fourth-order valence-electron chi connectivity index (χ4n) is 4.27. The van der Waals surface area contributed by atoms with E-state index in [1.165, 1.54) is 32.1 Å². The van der Waals surface area contributed by atoms with Crippen LogP contribution in [0.1, 0.15) is 64.2 Å². The third-order valence-electron chi connectivity index (χ3n) is 5.59. The van der Waals surface area contributed by atoms with Crippen molar-refractivity contribution >= 4 is 11.8 Å². The average Bonchev–Trinajstić information content (AvgIpc) is 2.46. The first-order chi connectivity index (χ1) is 10.2. The highest BCUT2D eigenvalue weighted by molar-refractivity contribution is 5.79. The molecule has 0 radical (unpaired) electrons. The second-order valence-corrected chi connectivity index (χ2v) is 7.09. The molecule has 2 amide bonds. The molecule has 1 saturated carbocycles. The van der Waals surface area contributed by atoms with E-state index >= 15 is 0 Å². The molecule has 0 aromatic heterocycles. The number of rotatable bonds is 1.